The summed E-state index contributed by atoms with van der Waals surface area (Å²) in [5.74, 6) is 0.102. The van der Waals surface area contributed by atoms with Gasteiger partial charge in [-0.25, -0.2) is 0 Å². The van der Waals surface area contributed by atoms with Crippen LogP contribution in [-0.4, -0.2) is 55.0 Å². The van der Waals surface area contributed by atoms with Crippen molar-refractivity contribution in [3.05, 3.63) is 87.6 Å². The van der Waals surface area contributed by atoms with Gasteiger partial charge in [0.15, 0.2) is 0 Å². The molecule has 0 unspecified atom stereocenters. The Labute approximate surface area is 201 Å². The van der Waals surface area contributed by atoms with E-state index in [-0.39, 0.29) is 11.9 Å². The van der Waals surface area contributed by atoms with Crippen LogP contribution in [-0.2, 0) is 6.54 Å². The van der Waals surface area contributed by atoms with Crippen molar-refractivity contribution in [2.75, 3.05) is 44.6 Å². The molecular formula is C27H34N4OS. The summed E-state index contributed by atoms with van der Waals surface area (Å²) in [7, 11) is 0. The average molecular weight is 463 g/mol. The van der Waals surface area contributed by atoms with Crippen LogP contribution in [0.3, 0.4) is 0 Å². The van der Waals surface area contributed by atoms with Crippen molar-refractivity contribution in [1.29, 1.82) is 0 Å². The van der Waals surface area contributed by atoms with Crippen LogP contribution in [0.25, 0.3) is 0 Å². The molecule has 0 saturated carbocycles. The minimum atomic E-state index is 0.102. The first-order valence-corrected chi connectivity index (χ1v) is 12.8. The number of carbonyl (C=O) groups excluding carboxylic acids is 1. The van der Waals surface area contributed by atoms with Crippen molar-refractivity contribution in [2.45, 2.75) is 26.4 Å². The number of rotatable bonds is 9. The lowest BCUT2D eigenvalue weighted by Crippen LogP contribution is -2.45. The molecule has 1 aliphatic rings. The molecule has 1 fully saturated rings. The number of amides is 1. The fourth-order valence-corrected chi connectivity index (χ4v) is 5.12. The summed E-state index contributed by atoms with van der Waals surface area (Å²) in [5.41, 5.74) is 4.39. The third-order valence-corrected chi connectivity index (χ3v) is 7.17. The Morgan fingerprint density at radius 2 is 1.79 bits per heavy atom. The number of thiophene rings is 1. The molecule has 1 aliphatic heterocycles. The van der Waals surface area contributed by atoms with Crippen LogP contribution in [0.15, 0.2) is 66.0 Å². The van der Waals surface area contributed by atoms with E-state index in [1.165, 1.54) is 16.0 Å². The molecule has 1 aromatic heterocycles. The molecule has 5 nitrogen and oxygen atoms in total. The Bertz CT molecular complexity index is 1010. The number of anilines is 1. The van der Waals surface area contributed by atoms with Gasteiger partial charge in [0.25, 0.3) is 5.91 Å². The molecule has 2 heterocycles. The fraction of sp³-hybridized carbons (Fsp3) is 0.370. The largest absolute Gasteiger partial charge is 0.380 e. The summed E-state index contributed by atoms with van der Waals surface area (Å²) in [6.45, 7) is 10.3. The Balaban J connectivity index is 1.59. The summed E-state index contributed by atoms with van der Waals surface area (Å²) in [5, 5.41) is 9.16. The highest BCUT2D eigenvalue weighted by Crippen LogP contribution is 2.31. The molecule has 4 rings (SSSR count). The molecule has 1 amide bonds. The molecule has 6 heteroatoms. The molecule has 0 bridgehead atoms. The van der Waals surface area contributed by atoms with Gasteiger partial charge in [-0.3, -0.25) is 9.69 Å². The Morgan fingerprint density at radius 3 is 2.45 bits per heavy atom. The lowest BCUT2D eigenvalue weighted by Gasteiger charge is -2.36. The van der Waals surface area contributed by atoms with Crippen LogP contribution in [0.1, 0.15) is 46.3 Å². The standard InChI is InChI=1S/C27H34N4OS/c1-3-30(4-2)27(32)22-12-10-21(11-13-22)26(31-16-14-28-15-17-31)23-7-5-8-24(19-23)29-20-25-9-6-18-33-25/h5-13,18-19,26,28-29H,3-4,14-17,20H2,1-2H3/t26-/m0/s1. The maximum absolute atomic E-state index is 12.8. The fourth-order valence-electron chi connectivity index (χ4n) is 4.48. The van der Waals surface area contributed by atoms with Crippen molar-refractivity contribution < 1.29 is 4.79 Å². The molecule has 33 heavy (non-hydrogen) atoms. The molecule has 2 aromatic carbocycles. The van der Waals surface area contributed by atoms with Gasteiger partial charge in [0.05, 0.1) is 6.04 Å². The number of hydrogen-bond donors (Lipinski definition) is 2. The summed E-state index contributed by atoms with van der Waals surface area (Å²) >= 11 is 1.77. The van der Waals surface area contributed by atoms with Crippen LogP contribution in [0, 0.1) is 0 Å². The molecule has 2 N–H and O–H groups in total. The minimum Gasteiger partial charge on any atom is -0.380 e. The zero-order valence-electron chi connectivity index (χ0n) is 19.6. The molecule has 1 atom stereocenters. The number of carbonyl (C=O) groups is 1. The van der Waals surface area contributed by atoms with Gasteiger partial charge >= 0.3 is 0 Å². The quantitative estimate of drug-likeness (QED) is 0.478. The molecule has 0 spiro atoms. The van der Waals surface area contributed by atoms with Crippen molar-refractivity contribution in [3.63, 3.8) is 0 Å². The second kappa shape index (κ2) is 11.5. The molecular weight excluding hydrogens is 428 g/mol. The van der Waals surface area contributed by atoms with E-state index in [1.807, 2.05) is 30.9 Å². The van der Waals surface area contributed by atoms with Gasteiger partial charge < -0.3 is 15.5 Å². The molecule has 174 valence electrons. The topological polar surface area (TPSA) is 47.6 Å². The first-order chi connectivity index (χ1) is 16.2. The van der Waals surface area contributed by atoms with Crippen molar-refractivity contribution in [1.82, 2.24) is 15.1 Å². The van der Waals surface area contributed by atoms with Crippen molar-refractivity contribution in [2.24, 2.45) is 0 Å². The Hall–Kier alpha value is -2.67. The van der Waals surface area contributed by atoms with Crippen LogP contribution >= 0.6 is 11.3 Å². The van der Waals surface area contributed by atoms with E-state index in [1.54, 1.807) is 11.3 Å². The number of piperazine rings is 1. The zero-order valence-corrected chi connectivity index (χ0v) is 20.4. The third-order valence-electron chi connectivity index (χ3n) is 6.29. The number of hydrogen-bond acceptors (Lipinski definition) is 5. The van der Waals surface area contributed by atoms with Gasteiger partial charge in [-0.2, -0.15) is 0 Å². The molecule has 3 aromatic rings. The maximum atomic E-state index is 12.8. The average Bonchev–Trinajstić information content (AvgIpc) is 3.39. The van der Waals surface area contributed by atoms with E-state index in [2.05, 4.69) is 69.4 Å². The predicted molar refractivity (Wildman–Crippen MR) is 138 cm³/mol. The minimum absolute atomic E-state index is 0.102. The van der Waals surface area contributed by atoms with E-state index in [0.717, 1.165) is 57.1 Å². The number of nitrogens with zero attached hydrogens (tertiary/aromatic N) is 2. The second-order valence-electron chi connectivity index (χ2n) is 8.35. The predicted octanol–water partition coefficient (Wildman–Crippen LogP) is 4.84. The highest BCUT2D eigenvalue weighted by molar-refractivity contribution is 7.09. The normalized spacial score (nSPS) is 15.2. The Kier molecular flexibility index (Phi) is 8.15. The van der Waals surface area contributed by atoms with E-state index in [4.69, 9.17) is 0 Å². The van der Waals surface area contributed by atoms with Gasteiger partial charge in [0, 0.05) is 61.9 Å². The lowest BCUT2D eigenvalue weighted by atomic mass is 9.95. The zero-order chi connectivity index (χ0) is 23.0. The van der Waals surface area contributed by atoms with E-state index >= 15 is 0 Å². The second-order valence-corrected chi connectivity index (χ2v) is 9.38. The lowest BCUT2D eigenvalue weighted by molar-refractivity contribution is 0.0773. The number of benzene rings is 2. The van der Waals surface area contributed by atoms with Crippen molar-refractivity contribution in [3.8, 4) is 0 Å². The summed E-state index contributed by atoms with van der Waals surface area (Å²) in [4.78, 5) is 18.5. The summed E-state index contributed by atoms with van der Waals surface area (Å²) in [6.07, 6.45) is 0. The number of nitrogens with one attached hydrogen (secondary N) is 2. The molecule has 0 aliphatic carbocycles. The van der Waals surface area contributed by atoms with Crippen LogP contribution < -0.4 is 10.6 Å². The van der Waals surface area contributed by atoms with Gasteiger partial charge in [0.1, 0.15) is 0 Å². The van der Waals surface area contributed by atoms with E-state index < -0.39 is 0 Å². The summed E-state index contributed by atoms with van der Waals surface area (Å²) < 4.78 is 0. The first kappa shape index (κ1) is 23.5. The summed E-state index contributed by atoms with van der Waals surface area (Å²) in [6, 6.07) is 21.4. The SMILES string of the molecule is CCN(CC)C(=O)c1ccc([C@@H](c2cccc(NCc3cccs3)c2)N2CCNCC2)cc1. The monoisotopic (exact) mass is 462 g/mol. The van der Waals surface area contributed by atoms with Gasteiger partial charge in [-0.05, 0) is 60.7 Å². The van der Waals surface area contributed by atoms with Crippen molar-refractivity contribution >= 4 is 22.9 Å². The van der Waals surface area contributed by atoms with E-state index in [9.17, 15) is 4.79 Å². The maximum Gasteiger partial charge on any atom is 0.253 e. The van der Waals surface area contributed by atoms with Gasteiger partial charge in [-0.1, -0.05) is 30.3 Å². The third kappa shape index (κ3) is 5.82. The van der Waals surface area contributed by atoms with Gasteiger partial charge in [-0.15, -0.1) is 11.3 Å². The van der Waals surface area contributed by atoms with Gasteiger partial charge in [0.2, 0.25) is 0 Å². The molecule has 1 saturated heterocycles. The van der Waals surface area contributed by atoms with Crippen LogP contribution in [0.4, 0.5) is 5.69 Å². The Morgan fingerprint density at radius 1 is 1.03 bits per heavy atom. The van der Waals surface area contributed by atoms with Crippen LogP contribution in [0.5, 0.6) is 0 Å². The highest BCUT2D eigenvalue weighted by Gasteiger charge is 2.24. The highest BCUT2D eigenvalue weighted by atomic mass is 32.1. The molecule has 0 radical (unpaired) electrons. The first-order valence-electron chi connectivity index (χ1n) is 11.9. The smallest absolute Gasteiger partial charge is 0.253 e. The van der Waals surface area contributed by atoms with Crippen LogP contribution in [0.2, 0.25) is 0 Å². The van der Waals surface area contributed by atoms with E-state index in [0.29, 0.717) is 0 Å².